The summed E-state index contributed by atoms with van der Waals surface area (Å²) in [7, 11) is -2.96. The van der Waals surface area contributed by atoms with Crippen molar-refractivity contribution in [1.29, 1.82) is 0 Å². The van der Waals surface area contributed by atoms with E-state index in [1.807, 2.05) is 0 Å². The lowest BCUT2D eigenvalue weighted by atomic mass is 9.77. The number of anilines is 1. The van der Waals surface area contributed by atoms with Crippen LogP contribution in [0.4, 0.5) is 18.9 Å². The van der Waals surface area contributed by atoms with Crippen molar-refractivity contribution in [1.82, 2.24) is 0 Å². The monoisotopic (exact) mass is 531 g/mol. The molecule has 4 rings (SSSR count). The summed E-state index contributed by atoms with van der Waals surface area (Å²) in [5.41, 5.74) is -2.29. The number of amides is 1. The molecular weight excluding hydrogens is 511 g/mol. The summed E-state index contributed by atoms with van der Waals surface area (Å²) < 4.78 is 72.0. The first-order valence-corrected chi connectivity index (χ1v) is 12.6. The van der Waals surface area contributed by atoms with Crippen LogP contribution in [0.5, 0.6) is 0 Å². The van der Waals surface area contributed by atoms with Gasteiger partial charge in [-0.3, -0.25) is 4.79 Å². The topological polar surface area (TPSA) is 110 Å². The fraction of sp³-hybridized carbons (Fsp3) is 0.391. The standard InChI is InChI=1S/C23H21ClF3NO6S/c1-34-22(30)23(31)9-12-2-3-13(10-23)20(12)35(32,33)18-6-11(4-5-15(18)24)21(29)28-14-7-16(25)19(27)17(26)8-14/h4-8,12-13,20,31H,2-3,9-10H2,1H3,(H,28,29)/t12?,13?,20-,23-. The van der Waals surface area contributed by atoms with E-state index in [1.54, 1.807) is 0 Å². The van der Waals surface area contributed by atoms with Crippen LogP contribution in [0.25, 0.3) is 0 Å². The Bertz CT molecular complexity index is 1280. The van der Waals surface area contributed by atoms with Gasteiger partial charge in [0, 0.05) is 23.4 Å². The minimum atomic E-state index is -4.10. The molecule has 0 spiro atoms. The summed E-state index contributed by atoms with van der Waals surface area (Å²) in [6.45, 7) is 0. The molecule has 2 fully saturated rings. The zero-order valence-electron chi connectivity index (χ0n) is 18.4. The number of rotatable bonds is 5. The van der Waals surface area contributed by atoms with Crippen molar-refractivity contribution in [3.63, 3.8) is 0 Å². The van der Waals surface area contributed by atoms with Crippen LogP contribution in [-0.2, 0) is 19.4 Å². The maximum absolute atomic E-state index is 13.6. The highest BCUT2D eigenvalue weighted by Gasteiger charge is 2.57. The van der Waals surface area contributed by atoms with Gasteiger partial charge in [-0.2, -0.15) is 0 Å². The van der Waals surface area contributed by atoms with E-state index in [2.05, 4.69) is 10.1 Å². The third kappa shape index (κ3) is 4.52. The van der Waals surface area contributed by atoms with E-state index >= 15 is 0 Å². The highest BCUT2D eigenvalue weighted by atomic mass is 35.5. The third-order valence-corrected chi connectivity index (χ3v) is 9.58. The van der Waals surface area contributed by atoms with Gasteiger partial charge in [0.05, 0.1) is 22.3 Å². The van der Waals surface area contributed by atoms with Crippen LogP contribution < -0.4 is 5.32 Å². The van der Waals surface area contributed by atoms with Gasteiger partial charge in [0.1, 0.15) is 0 Å². The summed E-state index contributed by atoms with van der Waals surface area (Å²) in [6.07, 6.45) is 0.792. The maximum atomic E-state index is 13.6. The van der Waals surface area contributed by atoms with Gasteiger partial charge in [-0.05, 0) is 55.7 Å². The number of methoxy groups -OCH3 is 1. The van der Waals surface area contributed by atoms with Crippen molar-refractivity contribution >= 4 is 39.0 Å². The number of nitrogens with one attached hydrogen (secondary N) is 1. The van der Waals surface area contributed by atoms with Gasteiger partial charge < -0.3 is 15.2 Å². The van der Waals surface area contributed by atoms with Crippen LogP contribution in [0.15, 0.2) is 35.2 Å². The molecule has 0 saturated heterocycles. The van der Waals surface area contributed by atoms with E-state index in [0.29, 0.717) is 25.0 Å². The van der Waals surface area contributed by atoms with Crippen LogP contribution >= 0.6 is 11.6 Å². The molecule has 2 saturated carbocycles. The van der Waals surface area contributed by atoms with E-state index in [0.717, 1.165) is 13.2 Å². The van der Waals surface area contributed by atoms with Crippen molar-refractivity contribution < 1.29 is 41.0 Å². The Balaban J connectivity index is 1.62. The lowest BCUT2D eigenvalue weighted by Gasteiger charge is -2.38. The second-order valence-electron chi connectivity index (χ2n) is 8.89. The average molecular weight is 532 g/mol. The predicted molar refractivity (Wildman–Crippen MR) is 119 cm³/mol. The molecule has 7 nitrogen and oxygen atoms in total. The normalized spacial score (nSPS) is 25.8. The molecule has 0 radical (unpaired) electrons. The Morgan fingerprint density at radius 3 is 2.20 bits per heavy atom. The number of hydrogen-bond donors (Lipinski definition) is 2. The van der Waals surface area contributed by atoms with Gasteiger partial charge in [0.25, 0.3) is 5.91 Å². The average Bonchev–Trinajstić information content (AvgIpc) is 3.09. The molecule has 2 bridgehead atoms. The quantitative estimate of drug-likeness (QED) is 0.448. The van der Waals surface area contributed by atoms with Crippen LogP contribution in [0, 0.1) is 29.3 Å². The number of carbonyl (C=O) groups excluding carboxylic acids is 2. The lowest BCUT2D eigenvalue weighted by Crippen LogP contribution is -2.50. The summed E-state index contributed by atoms with van der Waals surface area (Å²) in [6, 6.07) is 4.69. The zero-order valence-corrected chi connectivity index (χ0v) is 19.9. The predicted octanol–water partition coefficient (Wildman–Crippen LogP) is 3.88. The first-order chi connectivity index (χ1) is 16.4. The van der Waals surface area contributed by atoms with Gasteiger partial charge in [0.15, 0.2) is 32.9 Å². The molecule has 2 unspecified atom stereocenters. The molecule has 2 N–H and O–H groups in total. The zero-order chi connectivity index (χ0) is 25.7. The molecule has 35 heavy (non-hydrogen) atoms. The number of aliphatic hydroxyl groups is 1. The largest absolute Gasteiger partial charge is 0.467 e. The Labute approximate surface area is 204 Å². The fourth-order valence-electron chi connectivity index (χ4n) is 5.23. The number of benzene rings is 2. The molecular formula is C23H21ClF3NO6S. The summed E-state index contributed by atoms with van der Waals surface area (Å²) in [5.74, 6) is -7.45. The van der Waals surface area contributed by atoms with E-state index in [4.69, 9.17) is 11.6 Å². The van der Waals surface area contributed by atoms with Crippen LogP contribution in [-0.4, -0.2) is 43.4 Å². The van der Waals surface area contributed by atoms with Gasteiger partial charge >= 0.3 is 5.97 Å². The molecule has 2 aliphatic rings. The number of carbonyl (C=O) groups is 2. The maximum Gasteiger partial charge on any atom is 0.337 e. The second-order valence-corrected chi connectivity index (χ2v) is 11.4. The van der Waals surface area contributed by atoms with Gasteiger partial charge in [0.2, 0.25) is 0 Å². The second kappa shape index (κ2) is 9.11. The van der Waals surface area contributed by atoms with Crippen molar-refractivity contribution in [2.45, 2.75) is 41.4 Å². The molecule has 12 heteroatoms. The Morgan fingerprint density at radius 2 is 1.66 bits per heavy atom. The fourth-order valence-corrected chi connectivity index (χ4v) is 8.07. The Hall–Kier alpha value is -2.63. The van der Waals surface area contributed by atoms with E-state index in [9.17, 15) is 36.3 Å². The van der Waals surface area contributed by atoms with E-state index in [-0.39, 0.29) is 34.0 Å². The van der Waals surface area contributed by atoms with Crippen LogP contribution in [0.1, 0.15) is 36.0 Å². The summed E-state index contributed by atoms with van der Waals surface area (Å²) in [5, 5.41) is 11.9. The molecule has 1 amide bonds. The lowest BCUT2D eigenvalue weighted by molar-refractivity contribution is -0.168. The van der Waals surface area contributed by atoms with Crippen molar-refractivity contribution in [2.24, 2.45) is 11.8 Å². The highest BCUT2D eigenvalue weighted by molar-refractivity contribution is 7.92. The minimum absolute atomic E-state index is 0.0838. The molecule has 2 aromatic rings. The summed E-state index contributed by atoms with van der Waals surface area (Å²) >= 11 is 6.19. The number of hydrogen-bond acceptors (Lipinski definition) is 6. The molecule has 0 heterocycles. The van der Waals surface area contributed by atoms with Crippen molar-refractivity contribution in [3.8, 4) is 0 Å². The van der Waals surface area contributed by atoms with Crippen molar-refractivity contribution in [2.75, 3.05) is 12.4 Å². The van der Waals surface area contributed by atoms with Gasteiger partial charge in [-0.15, -0.1) is 0 Å². The molecule has 0 aliphatic heterocycles. The summed E-state index contributed by atoms with van der Waals surface area (Å²) in [4.78, 5) is 24.4. The number of esters is 1. The number of halogens is 4. The molecule has 2 atom stereocenters. The Kier molecular flexibility index (Phi) is 6.62. The number of ether oxygens (including phenoxy) is 1. The van der Waals surface area contributed by atoms with Crippen LogP contribution in [0.3, 0.4) is 0 Å². The SMILES string of the molecule is COC(=O)[C@]1(O)CC2CCC(C1)[C@H]2S(=O)(=O)c1cc(C(=O)Nc2cc(F)c(F)c(F)c2)ccc1Cl. The molecule has 2 aromatic carbocycles. The van der Waals surface area contributed by atoms with Crippen molar-refractivity contribution in [3.05, 3.63) is 58.4 Å². The first-order valence-electron chi connectivity index (χ1n) is 10.7. The third-order valence-electron chi connectivity index (χ3n) is 6.70. The Morgan fingerprint density at radius 1 is 1.09 bits per heavy atom. The van der Waals surface area contributed by atoms with E-state index < -0.39 is 61.9 Å². The smallest absolute Gasteiger partial charge is 0.337 e. The first kappa shape index (κ1) is 25.5. The highest BCUT2D eigenvalue weighted by Crippen LogP contribution is 2.51. The van der Waals surface area contributed by atoms with Crippen LogP contribution in [0.2, 0.25) is 5.02 Å². The molecule has 188 valence electrons. The van der Waals surface area contributed by atoms with Gasteiger partial charge in [-0.25, -0.2) is 26.4 Å². The van der Waals surface area contributed by atoms with E-state index in [1.165, 1.54) is 12.1 Å². The molecule has 2 aliphatic carbocycles. The molecule has 0 aromatic heterocycles. The number of fused-ring (bicyclic) bond motifs is 2. The van der Waals surface area contributed by atoms with Gasteiger partial charge in [-0.1, -0.05) is 11.6 Å². The minimum Gasteiger partial charge on any atom is -0.467 e. The number of sulfone groups is 1.